The predicted molar refractivity (Wildman–Crippen MR) is 88.7 cm³/mol. The first-order valence-electron chi connectivity index (χ1n) is 7.56. The number of ether oxygens (including phenoxy) is 1. The summed E-state index contributed by atoms with van der Waals surface area (Å²) >= 11 is 2.00. The number of hydrogen-bond acceptors (Lipinski definition) is 4. The third kappa shape index (κ3) is 5.50. The second kappa shape index (κ2) is 8.17. The summed E-state index contributed by atoms with van der Waals surface area (Å²) in [4.78, 5) is 11.9. The normalized spacial score (nSPS) is 21.2. The highest BCUT2D eigenvalue weighted by Gasteiger charge is 2.25. The van der Waals surface area contributed by atoms with Gasteiger partial charge in [-0.3, -0.25) is 4.79 Å². The number of nitrogens with one attached hydrogen (secondary N) is 1. The van der Waals surface area contributed by atoms with Crippen LogP contribution in [0.25, 0.3) is 0 Å². The lowest BCUT2D eigenvalue weighted by Crippen LogP contribution is -2.33. The molecule has 5 heteroatoms. The molecule has 2 atom stereocenters. The van der Waals surface area contributed by atoms with E-state index < -0.39 is 0 Å². The van der Waals surface area contributed by atoms with E-state index in [4.69, 9.17) is 10.5 Å². The molecule has 0 aromatic heterocycles. The molecule has 0 saturated heterocycles. The second-order valence-electron chi connectivity index (χ2n) is 5.33. The van der Waals surface area contributed by atoms with Crippen molar-refractivity contribution in [2.75, 3.05) is 18.1 Å². The molecule has 1 fully saturated rings. The van der Waals surface area contributed by atoms with E-state index in [2.05, 4.69) is 12.2 Å². The van der Waals surface area contributed by atoms with Crippen LogP contribution in [0.5, 0.6) is 5.75 Å². The van der Waals surface area contributed by atoms with Crippen molar-refractivity contribution in [3.63, 3.8) is 0 Å². The van der Waals surface area contributed by atoms with Crippen molar-refractivity contribution in [3.05, 3.63) is 24.3 Å². The minimum absolute atomic E-state index is 0.0750. The van der Waals surface area contributed by atoms with Gasteiger partial charge in [0, 0.05) is 23.0 Å². The van der Waals surface area contributed by atoms with Gasteiger partial charge in [0.2, 0.25) is 5.91 Å². The summed E-state index contributed by atoms with van der Waals surface area (Å²) in [6, 6.07) is 7.60. The average Bonchev–Trinajstić information content (AvgIpc) is 2.86. The fourth-order valence-electron chi connectivity index (χ4n) is 2.62. The van der Waals surface area contributed by atoms with Crippen molar-refractivity contribution in [1.82, 2.24) is 5.32 Å². The molecule has 0 heterocycles. The zero-order valence-corrected chi connectivity index (χ0v) is 13.3. The molecule has 1 saturated carbocycles. The van der Waals surface area contributed by atoms with Gasteiger partial charge in [0.05, 0.1) is 13.0 Å². The van der Waals surface area contributed by atoms with Gasteiger partial charge >= 0.3 is 0 Å². The molecule has 0 spiro atoms. The highest BCUT2D eigenvalue weighted by atomic mass is 32.2. The summed E-state index contributed by atoms with van der Waals surface area (Å²) in [6.45, 7) is 2.57. The van der Waals surface area contributed by atoms with Crippen molar-refractivity contribution in [2.45, 2.75) is 43.9 Å². The van der Waals surface area contributed by atoms with E-state index in [-0.39, 0.29) is 5.91 Å². The van der Waals surface area contributed by atoms with Gasteiger partial charge in [-0.15, -0.1) is 0 Å². The number of thioether (sulfide) groups is 1. The molecule has 116 valence electrons. The van der Waals surface area contributed by atoms with E-state index in [1.165, 1.54) is 6.42 Å². The maximum Gasteiger partial charge on any atom is 0.223 e. The first-order valence-corrected chi connectivity index (χ1v) is 8.61. The molecule has 0 bridgehead atoms. The van der Waals surface area contributed by atoms with Crippen LogP contribution >= 0.6 is 11.8 Å². The molecule has 0 aliphatic heterocycles. The van der Waals surface area contributed by atoms with E-state index in [1.807, 2.05) is 30.0 Å². The number of carbonyl (C=O) groups excluding carboxylic acids is 1. The molecule has 1 aromatic rings. The Morgan fingerprint density at radius 2 is 2.33 bits per heavy atom. The van der Waals surface area contributed by atoms with Crippen LogP contribution in [0.3, 0.4) is 0 Å². The highest BCUT2D eigenvalue weighted by molar-refractivity contribution is 7.99. The van der Waals surface area contributed by atoms with Crippen LogP contribution in [0.2, 0.25) is 0 Å². The molecule has 1 amide bonds. The molecular formula is C16H24N2O2S. The average molecular weight is 308 g/mol. The Morgan fingerprint density at radius 1 is 1.48 bits per heavy atom. The van der Waals surface area contributed by atoms with Gasteiger partial charge in [0.15, 0.2) is 0 Å². The zero-order valence-electron chi connectivity index (χ0n) is 12.5. The van der Waals surface area contributed by atoms with Crippen molar-refractivity contribution in [1.29, 1.82) is 0 Å². The minimum Gasteiger partial charge on any atom is -0.493 e. The van der Waals surface area contributed by atoms with Crippen LogP contribution in [0, 0.1) is 0 Å². The summed E-state index contributed by atoms with van der Waals surface area (Å²) in [7, 11) is 0. The van der Waals surface area contributed by atoms with Crippen molar-refractivity contribution >= 4 is 23.4 Å². The van der Waals surface area contributed by atoms with Crippen molar-refractivity contribution < 1.29 is 9.53 Å². The third-order valence-corrected chi connectivity index (χ3v) is 4.84. The summed E-state index contributed by atoms with van der Waals surface area (Å²) in [5.74, 6) is 1.94. The summed E-state index contributed by atoms with van der Waals surface area (Å²) in [6.07, 6.45) is 3.79. The predicted octanol–water partition coefficient (Wildman–Crippen LogP) is 2.83. The maximum atomic E-state index is 11.9. The molecule has 1 aliphatic rings. The first-order chi connectivity index (χ1) is 10.2. The highest BCUT2D eigenvalue weighted by Crippen LogP contribution is 2.29. The maximum absolute atomic E-state index is 11.9. The molecule has 3 N–H and O–H groups in total. The number of nitrogen functional groups attached to an aromatic ring is 1. The minimum atomic E-state index is 0.0750. The van der Waals surface area contributed by atoms with Gasteiger partial charge in [-0.05, 0) is 37.1 Å². The van der Waals surface area contributed by atoms with Crippen LogP contribution < -0.4 is 15.8 Å². The zero-order chi connectivity index (χ0) is 15.1. The van der Waals surface area contributed by atoms with E-state index >= 15 is 0 Å². The largest absolute Gasteiger partial charge is 0.493 e. The Kier molecular flexibility index (Phi) is 6.23. The van der Waals surface area contributed by atoms with E-state index in [9.17, 15) is 4.79 Å². The molecule has 1 aliphatic carbocycles. The molecule has 1 aromatic carbocycles. The van der Waals surface area contributed by atoms with Gasteiger partial charge in [-0.2, -0.15) is 11.8 Å². The molecular weight excluding hydrogens is 284 g/mol. The fourth-order valence-corrected chi connectivity index (χ4v) is 3.77. The molecule has 21 heavy (non-hydrogen) atoms. The number of nitrogens with two attached hydrogens (primary N) is 1. The summed E-state index contributed by atoms with van der Waals surface area (Å²) < 4.78 is 5.54. The number of amides is 1. The van der Waals surface area contributed by atoms with E-state index in [0.717, 1.165) is 18.6 Å². The van der Waals surface area contributed by atoms with Crippen molar-refractivity contribution in [2.24, 2.45) is 0 Å². The van der Waals surface area contributed by atoms with Gasteiger partial charge in [-0.25, -0.2) is 0 Å². The van der Waals surface area contributed by atoms with Crippen LogP contribution in [0.15, 0.2) is 24.3 Å². The van der Waals surface area contributed by atoms with Gasteiger partial charge in [0.25, 0.3) is 0 Å². The number of benzene rings is 1. The topological polar surface area (TPSA) is 64.3 Å². The lowest BCUT2D eigenvalue weighted by Gasteiger charge is -2.13. The Morgan fingerprint density at radius 3 is 3.10 bits per heavy atom. The number of hydrogen-bond donors (Lipinski definition) is 2. The molecule has 0 radical (unpaired) electrons. The Labute approximate surface area is 130 Å². The van der Waals surface area contributed by atoms with E-state index in [0.29, 0.717) is 35.8 Å². The summed E-state index contributed by atoms with van der Waals surface area (Å²) in [5, 5.41) is 3.82. The Bertz CT molecular complexity index is 467. The molecule has 2 rings (SSSR count). The number of rotatable bonds is 7. The summed E-state index contributed by atoms with van der Waals surface area (Å²) in [5.41, 5.74) is 6.34. The number of anilines is 1. The van der Waals surface area contributed by atoms with Gasteiger partial charge in [-0.1, -0.05) is 13.0 Å². The van der Waals surface area contributed by atoms with Gasteiger partial charge < -0.3 is 15.8 Å². The number of carbonyl (C=O) groups is 1. The van der Waals surface area contributed by atoms with E-state index in [1.54, 1.807) is 6.07 Å². The van der Waals surface area contributed by atoms with Crippen LogP contribution in [-0.4, -0.2) is 29.6 Å². The lowest BCUT2D eigenvalue weighted by molar-refractivity contribution is -0.122. The molecule has 4 nitrogen and oxygen atoms in total. The first kappa shape index (κ1) is 16.0. The quantitative estimate of drug-likeness (QED) is 0.760. The Hall–Kier alpha value is -1.36. The third-order valence-electron chi connectivity index (χ3n) is 3.61. The Balaban J connectivity index is 1.64. The van der Waals surface area contributed by atoms with Crippen molar-refractivity contribution in [3.8, 4) is 5.75 Å². The second-order valence-corrected chi connectivity index (χ2v) is 6.90. The molecule has 2 unspecified atom stereocenters. The monoisotopic (exact) mass is 308 g/mol. The smallest absolute Gasteiger partial charge is 0.223 e. The van der Waals surface area contributed by atoms with Crippen LogP contribution in [-0.2, 0) is 4.79 Å². The lowest BCUT2D eigenvalue weighted by atomic mass is 10.2. The fraction of sp³-hybridized carbons (Fsp3) is 0.562. The standard InChI is InChI=1S/C16H24N2O2S/c1-2-21-15-7-6-13(11-15)18-16(19)8-9-20-14-5-3-4-12(17)10-14/h3-5,10,13,15H,2,6-9,11,17H2,1H3,(H,18,19). The van der Waals surface area contributed by atoms with Crippen LogP contribution in [0.1, 0.15) is 32.6 Å². The van der Waals surface area contributed by atoms with Gasteiger partial charge in [0.1, 0.15) is 5.75 Å². The SMILES string of the molecule is CCSC1CCC(NC(=O)CCOc2cccc(N)c2)C1. The van der Waals surface area contributed by atoms with Crippen LogP contribution in [0.4, 0.5) is 5.69 Å².